The van der Waals surface area contributed by atoms with Gasteiger partial charge in [0.1, 0.15) is 0 Å². The Morgan fingerprint density at radius 3 is 2.22 bits per heavy atom. The summed E-state index contributed by atoms with van der Waals surface area (Å²) in [6.45, 7) is 1.97. The number of hydrogen-bond acceptors (Lipinski definition) is 7. The molecule has 1 aromatic carbocycles. The summed E-state index contributed by atoms with van der Waals surface area (Å²) in [4.78, 5) is 23.3. The molecular weight excluding hydrogens is 306 g/mol. The smallest absolute Gasteiger partial charge is 0.308 e. The molecule has 0 saturated carbocycles. The molecule has 0 spiro atoms. The van der Waals surface area contributed by atoms with E-state index in [1.165, 1.54) is 33.3 Å². The molecule has 0 fully saturated rings. The maximum absolute atomic E-state index is 12.1. The summed E-state index contributed by atoms with van der Waals surface area (Å²) >= 11 is 0. The number of carbonyl (C=O) groups is 2. The lowest BCUT2D eigenvalue weighted by Gasteiger charge is -2.14. The normalized spacial score (nSPS) is 10.1. The lowest BCUT2D eigenvalue weighted by molar-refractivity contribution is -0.132. The van der Waals surface area contributed by atoms with Gasteiger partial charge in [-0.2, -0.15) is 0 Å². The Hall–Kier alpha value is -2.32. The quantitative estimate of drug-likeness (QED) is 0.383. The van der Waals surface area contributed by atoms with Gasteiger partial charge in [-0.05, 0) is 12.1 Å². The van der Waals surface area contributed by atoms with Crippen LogP contribution in [-0.2, 0) is 9.53 Å². The van der Waals surface area contributed by atoms with Gasteiger partial charge in [0.15, 0.2) is 11.5 Å². The van der Waals surface area contributed by atoms with Gasteiger partial charge in [0.2, 0.25) is 5.75 Å². The van der Waals surface area contributed by atoms with Gasteiger partial charge in [0.05, 0.1) is 34.0 Å². The summed E-state index contributed by atoms with van der Waals surface area (Å²) < 4.78 is 20.4. The van der Waals surface area contributed by atoms with Gasteiger partial charge < -0.3 is 29.4 Å². The zero-order chi connectivity index (χ0) is 17.2. The number of ether oxygens (including phenoxy) is 4. The van der Waals surface area contributed by atoms with E-state index in [4.69, 9.17) is 24.1 Å². The van der Waals surface area contributed by atoms with Gasteiger partial charge in [-0.15, -0.1) is 0 Å². The first kappa shape index (κ1) is 18.7. The van der Waals surface area contributed by atoms with Crippen LogP contribution in [0.3, 0.4) is 0 Å². The van der Waals surface area contributed by atoms with E-state index in [2.05, 4.69) is 5.32 Å². The van der Waals surface area contributed by atoms with Crippen molar-refractivity contribution in [1.29, 1.82) is 0 Å². The van der Waals surface area contributed by atoms with Gasteiger partial charge in [0, 0.05) is 19.0 Å². The van der Waals surface area contributed by atoms with Crippen LogP contribution in [0.2, 0.25) is 0 Å². The van der Waals surface area contributed by atoms with Crippen molar-refractivity contribution in [3.8, 4) is 17.2 Å². The third-order valence-corrected chi connectivity index (χ3v) is 2.74. The number of amides is 1. The molecule has 1 aromatic rings. The van der Waals surface area contributed by atoms with Crippen LogP contribution in [0.5, 0.6) is 17.2 Å². The lowest BCUT2D eigenvalue weighted by Crippen LogP contribution is -2.27. The molecule has 1 amide bonds. The second-order valence-corrected chi connectivity index (χ2v) is 4.40. The Balaban J connectivity index is 2.86. The number of methoxy groups -OCH3 is 2. The summed E-state index contributed by atoms with van der Waals surface area (Å²) in [5, 5.41) is 11.2. The highest BCUT2D eigenvalue weighted by atomic mass is 16.6. The molecule has 1 rings (SSSR count). The van der Waals surface area contributed by atoms with E-state index >= 15 is 0 Å². The monoisotopic (exact) mass is 327 g/mol. The van der Waals surface area contributed by atoms with Gasteiger partial charge in [-0.3, -0.25) is 9.59 Å². The molecule has 0 heterocycles. The van der Waals surface area contributed by atoms with Crippen molar-refractivity contribution in [1.82, 2.24) is 5.32 Å². The number of nitrogens with one attached hydrogen (secondary N) is 1. The van der Waals surface area contributed by atoms with Crippen LogP contribution >= 0.6 is 0 Å². The Labute approximate surface area is 134 Å². The first-order valence-corrected chi connectivity index (χ1v) is 6.94. The maximum Gasteiger partial charge on any atom is 0.308 e. The van der Waals surface area contributed by atoms with E-state index in [1.807, 2.05) is 0 Å². The number of hydrogen-bond donors (Lipinski definition) is 2. The van der Waals surface area contributed by atoms with Crippen LogP contribution in [0, 0.1) is 0 Å². The fourth-order valence-electron chi connectivity index (χ4n) is 1.76. The average Bonchev–Trinajstić information content (AvgIpc) is 2.53. The van der Waals surface area contributed by atoms with E-state index in [-0.39, 0.29) is 55.1 Å². The lowest BCUT2D eigenvalue weighted by atomic mass is 10.1. The Morgan fingerprint density at radius 1 is 1.13 bits per heavy atom. The number of aliphatic hydroxyl groups excluding tert-OH is 1. The third-order valence-electron chi connectivity index (χ3n) is 2.74. The predicted octanol–water partition coefficient (Wildman–Crippen LogP) is 0.368. The summed E-state index contributed by atoms with van der Waals surface area (Å²) in [6.07, 6.45) is 0. The van der Waals surface area contributed by atoms with Gasteiger partial charge >= 0.3 is 5.97 Å². The highest BCUT2D eigenvalue weighted by Crippen LogP contribution is 2.38. The summed E-state index contributed by atoms with van der Waals surface area (Å²) in [5.41, 5.74) is 0.289. The minimum atomic E-state index is -0.528. The van der Waals surface area contributed by atoms with Crippen molar-refractivity contribution >= 4 is 11.9 Å². The summed E-state index contributed by atoms with van der Waals surface area (Å²) in [6, 6.07) is 2.90. The maximum atomic E-state index is 12.1. The van der Waals surface area contributed by atoms with Crippen molar-refractivity contribution in [3.05, 3.63) is 17.7 Å². The van der Waals surface area contributed by atoms with Crippen LogP contribution in [-0.4, -0.2) is 57.6 Å². The van der Waals surface area contributed by atoms with Gasteiger partial charge in [-0.1, -0.05) is 0 Å². The minimum Gasteiger partial charge on any atom is -0.493 e. The van der Waals surface area contributed by atoms with Gasteiger partial charge in [-0.25, -0.2) is 0 Å². The van der Waals surface area contributed by atoms with E-state index < -0.39 is 5.97 Å². The van der Waals surface area contributed by atoms with Crippen molar-refractivity contribution in [2.24, 2.45) is 0 Å². The fraction of sp³-hybridized carbons (Fsp3) is 0.467. The first-order chi connectivity index (χ1) is 11.0. The van der Waals surface area contributed by atoms with Crippen molar-refractivity contribution in [3.63, 3.8) is 0 Å². The van der Waals surface area contributed by atoms with Crippen LogP contribution in [0.15, 0.2) is 12.1 Å². The molecule has 23 heavy (non-hydrogen) atoms. The van der Waals surface area contributed by atoms with Crippen LogP contribution in [0.25, 0.3) is 0 Å². The van der Waals surface area contributed by atoms with E-state index in [0.717, 1.165) is 0 Å². The molecule has 0 aliphatic carbocycles. The largest absolute Gasteiger partial charge is 0.493 e. The number of benzene rings is 1. The molecule has 0 aliphatic rings. The molecule has 2 N–H and O–H groups in total. The highest BCUT2D eigenvalue weighted by Gasteiger charge is 2.18. The Kier molecular flexibility index (Phi) is 7.86. The Morgan fingerprint density at radius 2 is 1.74 bits per heavy atom. The second-order valence-electron chi connectivity index (χ2n) is 4.40. The zero-order valence-corrected chi connectivity index (χ0v) is 13.4. The second kappa shape index (κ2) is 9.65. The molecule has 0 bridgehead atoms. The number of esters is 1. The number of aliphatic hydroxyl groups is 1. The molecule has 0 saturated heterocycles. The topological polar surface area (TPSA) is 103 Å². The van der Waals surface area contributed by atoms with Crippen LogP contribution < -0.4 is 19.5 Å². The number of rotatable bonds is 9. The van der Waals surface area contributed by atoms with E-state index in [1.54, 1.807) is 0 Å². The average molecular weight is 327 g/mol. The SMILES string of the molecule is COc1cc(C(=O)NCCOCCO)cc(OC)c1OC(C)=O. The molecule has 0 aliphatic heterocycles. The molecule has 0 atom stereocenters. The molecule has 8 nitrogen and oxygen atoms in total. The third kappa shape index (κ3) is 5.76. The molecule has 0 unspecified atom stereocenters. The molecule has 0 radical (unpaired) electrons. The van der Waals surface area contributed by atoms with E-state index in [0.29, 0.717) is 0 Å². The van der Waals surface area contributed by atoms with Crippen LogP contribution in [0.1, 0.15) is 17.3 Å². The number of carbonyl (C=O) groups excluding carboxylic acids is 2. The summed E-state index contributed by atoms with van der Waals surface area (Å²) in [7, 11) is 2.79. The first-order valence-electron chi connectivity index (χ1n) is 6.94. The highest BCUT2D eigenvalue weighted by molar-refractivity contribution is 5.95. The van der Waals surface area contributed by atoms with Gasteiger partial charge in [0.25, 0.3) is 5.91 Å². The van der Waals surface area contributed by atoms with Crippen molar-refractivity contribution in [2.45, 2.75) is 6.92 Å². The molecular formula is C15H21NO7. The summed E-state index contributed by atoms with van der Waals surface area (Å²) in [5.74, 6) is -0.351. The molecule has 0 aromatic heterocycles. The fourth-order valence-corrected chi connectivity index (χ4v) is 1.76. The molecule has 128 valence electrons. The molecule has 8 heteroatoms. The minimum absolute atomic E-state index is 0.0695. The zero-order valence-electron chi connectivity index (χ0n) is 13.4. The van der Waals surface area contributed by atoms with Crippen LogP contribution in [0.4, 0.5) is 0 Å². The van der Waals surface area contributed by atoms with Crippen molar-refractivity contribution in [2.75, 3.05) is 40.6 Å². The Bertz CT molecular complexity index is 520. The predicted molar refractivity (Wildman–Crippen MR) is 81.1 cm³/mol. The van der Waals surface area contributed by atoms with E-state index in [9.17, 15) is 9.59 Å². The standard InChI is InChI=1S/C15H21NO7/c1-10(18)23-14-12(20-2)8-11(9-13(14)21-3)15(19)16-4-6-22-7-5-17/h8-9,17H,4-7H2,1-3H3,(H,16,19). The van der Waals surface area contributed by atoms with Crippen molar-refractivity contribution < 1.29 is 33.6 Å².